The maximum atomic E-state index is 10.7. The van der Waals surface area contributed by atoms with E-state index >= 15 is 0 Å². The molecule has 1 atom stereocenters. The zero-order valence-electron chi connectivity index (χ0n) is 18.1. The van der Waals surface area contributed by atoms with Crippen LogP contribution in [0.15, 0.2) is 121 Å². The molecule has 33 heavy (non-hydrogen) atoms. The normalized spacial score (nSPS) is 12.4. The highest BCUT2D eigenvalue weighted by Gasteiger charge is 2.41. The second-order valence-corrected chi connectivity index (χ2v) is 7.93. The van der Waals surface area contributed by atoms with Crippen molar-refractivity contribution in [3.05, 3.63) is 149 Å². The van der Waals surface area contributed by atoms with Gasteiger partial charge < -0.3 is 5.11 Å². The maximum Gasteiger partial charge on any atom is 0.177 e. The Morgan fingerprint density at radius 1 is 0.636 bits per heavy atom. The van der Waals surface area contributed by atoms with Gasteiger partial charge in [-0.2, -0.15) is 0 Å². The van der Waals surface area contributed by atoms with Crippen LogP contribution in [0.5, 0.6) is 0 Å². The molecule has 0 radical (unpaired) electrons. The van der Waals surface area contributed by atoms with E-state index in [-0.39, 0.29) is 6.42 Å². The number of rotatable bonds is 7. The molecule has 0 saturated carbocycles. The number of hydrogen-bond donors (Lipinski definition) is 1. The first-order valence-electron chi connectivity index (χ1n) is 11.0. The minimum atomic E-state index is -0.813. The van der Waals surface area contributed by atoms with Crippen molar-refractivity contribution >= 4 is 0 Å². The second-order valence-electron chi connectivity index (χ2n) is 7.93. The van der Waals surface area contributed by atoms with Crippen LogP contribution in [-0.4, -0.2) is 25.3 Å². The van der Waals surface area contributed by atoms with Crippen molar-refractivity contribution in [2.75, 3.05) is 0 Å². The molecule has 4 aromatic carbocycles. The van der Waals surface area contributed by atoms with Crippen LogP contribution in [-0.2, 0) is 12.0 Å². The lowest BCUT2D eigenvalue weighted by Crippen LogP contribution is -2.39. The van der Waals surface area contributed by atoms with Crippen molar-refractivity contribution < 1.29 is 5.11 Å². The third-order valence-electron chi connectivity index (χ3n) is 5.89. The summed E-state index contributed by atoms with van der Waals surface area (Å²) < 4.78 is 0. The van der Waals surface area contributed by atoms with Crippen LogP contribution in [0, 0.1) is 0 Å². The van der Waals surface area contributed by atoms with Gasteiger partial charge in [0.05, 0.1) is 6.10 Å². The molecule has 1 aromatic heterocycles. The minimum absolute atomic E-state index is 0.276. The molecular formula is C28H24N4O. The van der Waals surface area contributed by atoms with Gasteiger partial charge in [-0.15, -0.1) is 15.0 Å². The van der Waals surface area contributed by atoms with Gasteiger partial charge in [0.2, 0.25) is 0 Å². The molecule has 5 aromatic rings. The van der Waals surface area contributed by atoms with E-state index in [0.29, 0.717) is 5.82 Å². The quantitative estimate of drug-likeness (QED) is 0.376. The summed E-state index contributed by atoms with van der Waals surface area (Å²) in [6.45, 7) is 0. The Balaban J connectivity index is 1.66. The van der Waals surface area contributed by atoms with Gasteiger partial charge in [0.1, 0.15) is 0 Å². The van der Waals surface area contributed by atoms with Crippen LogP contribution in [0.3, 0.4) is 0 Å². The molecule has 1 unspecified atom stereocenters. The monoisotopic (exact) mass is 432 g/mol. The molecule has 0 bridgehead atoms. The van der Waals surface area contributed by atoms with Crippen molar-refractivity contribution in [2.45, 2.75) is 18.1 Å². The van der Waals surface area contributed by atoms with Crippen molar-refractivity contribution in [3.63, 3.8) is 0 Å². The molecule has 0 fully saturated rings. The first-order valence-corrected chi connectivity index (χ1v) is 11.0. The summed E-state index contributed by atoms with van der Waals surface area (Å²) in [5.41, 5.74) is 3.08. The molecule has 0 aliphatic rings. The topological polar surface area (TPSA) is 63.8 Å². The Labute approximate surface area is 193 Å². The highest BCUT2D eigenvalue weighted by Crippen LogP contribution is 2.39. The lowest BCUT2D eigenvalue weighted by atomic mass is 9.77. The summed E-state index contributed by atoms with van der Waals surface area (Å²) >= 11 is 0. The van der Waals surface area contributed by atoms with Crippen molar-refractivity contribution in [1.29, 1.82) is 0 Å². The Bertz CT molecular complexity index is 1190. The summed E-state index contributed by atoms with van der Waals surface area (Å²) in [6, 6.07) is 40.2. The number of benzene rings is 4. The summed E-state index contributed by atoms with van der Waals surface area (Å²) in [5.74, 6) is 0.485. The lowest BCUT2D eigenvalue weighted by molar-refractivity contribution is 0.175. The van der Waals surface area contributed by atoms with E-state index in [1.165, 1.54) is 0 Å². The first-order chi connectivity index (χ1) is 16.3. The molecular weight excluding hydrogens is 408 g/mol. The molecule has 0 amide bonds. The van der Waals surface area contributed by atoms with Crippen LogP contribution < -0.4 is 0 Å². The van der Waals surface area contributed by atoms with Gasteiger partial charge in [-0.1, -0.05) is 121 Å². The second kappa shape index (κ2) is 9.18. The molecule has 1 heterocycles. The van der Waals surface area contributed by atoms with Crippen LogP contribution in [0.1, 0.15) is 34.2 Å². The van der Waals surface area contributed by atoms with Crippen molar-refractivity contribution in [3.8, 4) is 0 Å². The SMILES string of the molecule is OC(Cc1nnn(C(c2ccccc2)(c2ccccc2)c2ccccc2)n1)c1ccccc1. The van der Waals surface area contributed by atoms with Crippen molar-refractivity contribution in [1.82, 2.24) is 20.2 Å². The standard InChI is InChI=1S/C28H24N4O/c33-26(22-13-5-1-6-14-22)21-27-29-31-32(30-27)28(23-15-7-2-8-16-23,24-17-9-3-10-18-24)25-19-11-4-12-20-25/h1-20,26,33H,21H2. The van der Waals surface area contributed by atoms with Gasteiger partial charge in [-0.25, -0.2) is 0 Å². The molecule has 162 valence electrons. The fraction of sp³-hybridized carbons (Fsp3) is 0.107. The smallest absolute Gasteiger partial charge is 0.177 e. The highest BCUT2D eigenvalue weighted by atomic mass is 16.3. The molecule has 1 N–H and O–H groups in total. The van der Waals surface area contributed by atoms with Gasteiger partial charge >= 0.3 is 0 Å². The molecule has 0 spiro atoms. The Hall–Kier alpha value is -4.09. The Morgan fingerprint density at radius 2 is 1.06 bits per heavy atom. The maximum absolute atomic E-state index is 10.7. The highest BCUT2D eigenvalue weighted by molar-refractivity contribution is 5.49. The van der Waals surface area contributed by atoms with E-state index in [2.05, 4.69) is 46.7 Å². The van der Waals surface area contributed by atoms with Gasteiger partial charge in [0.15, 0.2) is 11.4 Å². The molecule has 0 aliphatic heterocycles. The van der Waals surface area contributed by atoms with Crippen LogP contribution in [0.4, 0.5) is 0 Å². The number of aromatic nitrogens is 4. The van der Waals surface area contributed by atoms with Gasteiger partial charge in [-0.05, 0) is 27.5 Å². The van der Waals surface area contributed by atoms with Crippen LogP contribution in [0.25, 0.3) is 0 Å². The zero-order chi connectivity index (χ0) is 22.5. The number of tetrazole rings is 1. The molecule has 5 heteroatoms. The average Bonchev–Trinajstić information content (AvgIpc) is 3.35. The number of hydrogen-bond acceptors (Lipinski definition) is 4. The van der Waals surface area contributed by atoms with E-state index < -0.39 is 11.6 Å². The molecule has 0 aliphatic carbocycles. The van der Waals surface area contributed by atoms with E-state index in [0.717, 1.165) is 22.3 Å². The summed E-state index contributed by atoms with van der Waals surface area (Å²) in [4.78, 5) is 1.68. The Kier molecular flexibility index (Phi) is 5.79. The van der Waals surface area contributed by atoms with Gasteiger partial charge in [0, 0.05) is 6.42 Å². The summed E-state index contributed by atoms with van der Waals surface area (Å²) in [7, 11) is 0. The lowest BCUT2D eigenvalue weighted by Gasteiger charge is -2.34. The number of aliphatic hydroxyl groups is 1. The fourth-order valence-corrected chi connectivity index (χ4v) is 4.32. The van der Waals surface area contributed by atoms with Crippen LogP contribution in [0.2, 0.25) is 0 Å². The summed E-state index contributed by atoms with van der Waals surface area (Å²) in [5, 5.41) is 24.4. The van der Waals surface area contributed by atoms with E-state index in [1.807, 2.05) is 84.9 Å². The first kappa shape index (κ1) is 20.8. The third-order valence-corrected chi connectivity index (χ3v) is 5.89. The predicted octanol–water partition coefficient (Wildman–Crippen LogP) is 4.79. The predicted molar refractivity (Wildman–Crippen MR) is 128 cm³/mol. The van der Waals surface area contributed by atoms with Crippen molar-refractivity contribution in [2.24, 2.45) is 0 Å². The zero-order valence-corrected chi connectivity index (χ0v) is 18.1. The largest absolute Gasteiger partial charge is 0.388 e. The third kappa shape index (κ3) is 3.95. The average molecular weight is 433 g/mol. The Morgan fingerprint density at radius 3 is 1.52 bits per heavy atom. The molecule has 5 rings (SSSR count). The van der Waals surface area contributed by atoms with E-state index in [4.69, 9.17) is 5.10 Å². The van der Waals surface area contributed by atoms with Gasteiger partial charge in [-0.3, -0.25) is 0 Å². The molecule has 0 saturated heterocycles. The minimum Gasteiger partial charge on any atom is -0.388 e. The van der Waals surface area contributed by atoms with E-state index in [9.17, 15) is 5.11 Å². The van der Waals surface area contributed by atoms with Crippen LogP contribution >= 0.6 is 0 Å². The number of nitrogens with zero attached hydrogens (tertiary/aromatic N) is 4. The van der Waals surface area contributed by atoms with E-state index in [1.54, 1.807) is 4.80 Å². The fourth-order valence-electron chi connectivity index (χ4n) is 4.32. The summed E-state index contributed by atoms with van der Waals surface area (Å²) in [6.07, 6.45) is -0.429. The molecule has 5 nitrogen and oxygen atoms in total. The van der Waals surface area contributed by atoms with Gasteiger partial charge in [0.25, 0.3) is 0 Å². The number of aliphatic hydroxyl groups excluding tert-OH is 1.